The monoisotopic (exact) mass is 219 g/mol. The highest BCUT2D eigenvalue weighted by Gasteiger charge is 2.05. The van der Waals surface area contributed by atoms with E-state index < -0.39 is 5.97 Å². The summed E-state index contributed by atoms with van der Waals surface area (Å²) in [5.41, 5.74) is -0.0445. The fraction of sp³-hybridized carbons (Fsp3) is 0.100. The molecule has 2 aromatic heterocycles. The molecule has 0 aromatic carbocycles. The van der Waals surface area contributed by atoms with Gasteiger partial charge in [0.2, 0.25) is 5.95 Å². The second-order valence-electron chi connectivity index (χ2n) is 3.00. The van der Waals surface area contributed by atoms with Crippen LogP contribution in [-0.4, -0.2) is 21.0 Å². The molecule has 2 rings (SSSR count). The third-order valence-electron chi connectivity index (χ3n) is 1.88. The molecular formula is C10H9N3O3. The van der Waals surface area contributed by atoms with Crippen molar-refractivity contribution < 1.29 is 14.3 Å². The lowest BCUT2D eigenvalue weighted by Crippen LogP contribution is -2.07. The van der Waals surface area contributed by atoms with Crippen LogP contribution in [0.5, 0.6) is 0 Å². The molecule has 0 radical (unpaired) electrons. The van der Waals surface area contributed by atoms with Crippen molar-refractivity contribution in [1.82, 2.24) is 9.97 Å². The highest BCUT2D eigenvalue weighted by atomic mass is 16.4. The molecule has 0 bridgehead atoms. The van der Waals surface area contributed by atoms with Crippen LogP contribution < -0.4 is 5.32 Å². The zero-order valence-electron chi connectivity index (χ0n) is 8.25. The summed E-state index contributed by atoms with van der Waals surface area (Å²) in [5.74, 6) is -0.0934. The number of rotatable bonds is 4. The van der Waals surface area contributed by atoms with Crippen LogP contribution in [-0.2, 0) is 6.54 Å². The van der Waals surface area contributed by atoms with E-state index in [1.54, 1.807) is 18.4 Å². The van der Waals surface area contributed by atoms with Crippen molar-refractivity contribution in [2.24, 2.45) is 0 Å². The molecule has 2 aromatic rings. The summed E-state index contributed by atoms with van der Waals surface area (Å²) in [6, 6.07) is 4.90. The van der Waals surface area contributed by atoms with Gasteiger partial charge in [0.15, 0.2) is 5.69 Å². The number of anilines is 1. The lowest BCUT2D eigenvalue weighted by atomic mass is 10.4. The van der Waals surface area contributed by atoms with Gasteiger partial charge in [-0.25, -0.2) is 14.8 Å². The van der Waals surface area contributed by atoms with Crippen LogP contribution >= 0.6 is 0 Å². The molecule has 0 aliphatic heterocycles. The molecule has 0 amide bonds. The van der Waals surface area contributed by atoms with Crippen molar-refractivity contribution in [3.63, 3.8) is 0 Å². The van der Waals surface area contributed by atoms with Crippen molar-refractivity contribution in [2.45, 2.75) is 6.54 Å². The first-order valence-corrected chi connectivity index (χ1v) is 4.58. The second kappa shape index (κ2) is 4.43. The molecule has 0 saturated carbocycles. The van der Waals surface area contributed by atoms with Crippen LogP contribution in [0.2, 0.25) is 0 Å². The van der Waals surface area contributed by atoms with Gasteiger partial charge >= 0.3 is 5.97 Å². The fourth-order valence-electron chi connectivity index (χ4n) is 1.14. The summed E-state index contributed by atoms with van der Waals surface area (Å²) in [4.78, 5) is 18.4. The summed E-state index contributed by atoms with van der Waals surface area (Å²) in [6.07, 6.45) is 2.95. The van der Waals surface area contributed by atoms with E-state index in [1.807, 2.05) is 0 Å². The van der Waals surface area contributed by atoms with Gasteiger partial charge in [-0.3, -0.25) is 0 Å². The maximum atomic E-state index is 10.6. The second-order valence-corrected chi connectivity index (χ2v) is 3.00. The van der Waals surface area contributed by atoms with E-state index in [9.17, 15) is 4.79 Å². The number of carbonyl (C=O) groups is 1. The molecule has 0 spiro atoms. The maximum Gasteiger partial charge on any atom is 0.354 e. The van der Waals surface area contributed by atoms with Crippen molar-refractivity contribution in [2.75, 3.05) is 5.32 Å². The fourth-order valence-corrected chi connectivity index (χ4v) is 1.14. The van der Waals surface area contributed by atoms with Crippen molar-refractivity contribution in [3.05, 3.63) is 42.1 Å². The molecule has 2 heterocycles. The van der Waals surface area contributed by atoms with Crippen molar-refractivity contribution in [3.8, 4) is 0 Å². The van der Waals surface area contributed by atoms with Crippen LogP contribution in [0, 0.1) is 0 Å². The van der Waals surface area contributed by atoms with Gasteiger partial charge in [-0.2, -0.15) is 0 Å². The predicted octanol–water partition coefficient (Wildman–Crippen LogP) is 1.38. The molecule has 0 aliphatic carbocycles. The average molecular weight is 219 g/mol. The normalized spacial score (nSPS) is 10.0. The van der Waals surface area contributed by atoms with Gasteiger partial charge in [-0.15, -0.1) is 0 Å². The standard InChI is InChI=1S/C10H9N3O3/c14-9(15)8-3-4-11-10(13-8)12-6-7-2-1-5-16-7/h1-5H,6H2,(H,14,15)(H,11,12,13). The molecule has 2 N–H and O–H groups in total. The van der Waals surface area contributed by atoms with Gasteiger partial charge in [-0.05, 0) is 18.2 Å². The van der Waals surface area contributed by atoms with Crippen LogP contribution in [0.4, 0.5) is 5.95 Å². The first-order chi connectivity index (χ1) is 7.75. The van der Waals surface area contributed by atoms with E-state index in [1.165, 1.54) is 12.3 Å². The van der Waals surface area contributed by atoms with Crippen molar-refractivity contribution in [1.29, 1.82) is 0 Å². The van der Waals surface area contributed by atoms with E-state index in [4.69, 9.17) is 9.52 Å². The minimum absolute atomic E-state index is 0.0445. The van der Waals surface area contributed by atoms with Gasteiger partial charge in [-0.1, -0.05) is 0 Å². The minimum atomic E-state index is -1.08. The maximum absolute atomic E-state index is 10.6. The van der Waals surface area contributed by atoms with E-state index in [0.717, 1.165) is 5.76 Å². The Balaban J connectivity index is 2.04. The first kappa shape index (κ1) is 10.2. The Morgan fingerprint density at radius 1 is 1.50 bits per heavy atom. The largest absolute Gasteiger partial charge is 0.477 e. The SMILES string of the molecule is O=C(O)c1ccnc(NCc2ccco2)n1. The predicted molar refractivity (Wildman–Crippen MR) is 55.0 cm³/mol. The number of carboxylic acid groups (broad SMARTS) is 1. The number of nitrogens with one attached hydrogen (secondary N) is 1. The number of carboxylic acids is 1. The van der Waals surface area contributed by atoms with E-state index >= 15 is 0 Å². The molecule has 16 heavy (non-hydrogen) atoms. The van der Waals surface area contributed by atoms with Crippen LogP contribution in [0.25, 0.3) is 0 Å². The van der Waals surface area contributed by atoms with E-state index in [2.05, 4.69) is 15.3 Å². The molecule has 82 valence electrons. The van der Waals surface area contributed by atoms with Crippen LogP contribution in [0.15, 0.2) is 35.1 Å². The molecule has 0 fully saturated rings. The summed E-state index contributed by atoms with van der Waals surface area (Å²) < 4.78 is 5.10. The van der Waals surface area contributed by atoms with Crippen LogP contribution in [0.1, 0.15) is 16.2 Å². The Hall–Kier alpha value is -2.37. The number of aromatic nitrogens is 2. The van der Waals surface area contributed by atoms with Gasteiger partial charge in [0.1, 0.15) is 5.76 Å². The highest BCUT2D eigenvalue weighted by Crippen LogP contribution is 2.05. The first-order valence-electron chi connectivity index (χ1n) is 4.58. The quantitative estimate of drug-likeness (QED) is 0.807. The molecule has 0 unspecified atom stereocenters. The summed E-state index contributed by atoms with van der Waals surface area (Å²) in [7, 11) is 0. The van der Waals surface area contributed by atoms with E-state index in [-0.39, 0.29) is 11.6 Å². The molecule has 6 heteroatoms. The molecule has 0 aliphatic rings. The Kier molecular flexibility index (Phi) is 2.81. The molecule has 0 atom stereocenters. The zero-order chi connectivity index (χ0) is 11.4. The summed E-state index contributed by atoms with van der Waals surface area (Å²) in [5, 5.41) is 11.6. The number of hydrogen-bond donors (Lipinski definition) is 2. The van der Waals surface area contributed by atoms with Gasteiger partial charge in [0.25, 0.3) is 0 Å². The molecule has 0 saturated heterocycles. The number of furan rings is 1. The number of hydrogen-bond acceptors (Lipinski definition) is 5. The Morgan fingerprint density at radius 2 is 2.38 bits per heavy atom. The smallest absolute Gasteiger partial charge is 0.354 e. The number of aromatic carboxylic acids is 1. The van der Waals surface area contributed by atoms with Gasteiger partial charge < -0.3 is 14.8 Å². The minimum Gasteiger partial charge on any atom is -0.477 e. The van der Waals surface area contributed by atoms with Gasteiger partial charge in [0.05, 0.1) is 12.8 Å². The lowest BCUT2D eigenvalue weighted by Gasteiger charge is -2.02. The van der Waals surface area contributed by atoms with Gasteiger partial charge in [0, 0.05) is 6.20 Å². The lowest BCUT2D eigenvalue weighted by molar-refractivity contribution is 0.0690. The zero-order valence-corrected chi connectivity index (χ0v) is 8.25. The summed E-state index contributed by atoms with van der Waals surface area (Å²) in [6.45, 7) is 0.413. The molecule has 6 nitrogen and oxygen atoms in total. The highest BCUT2D eigenvalue weighted by molar-refractivity contribution is 5.85. The topological polar surface area (TPSA) is 88.2 Å². The molecular weight excluding hydrogens is 210 g/mol. The summed E-state index contributed by atoms with van der Waals surface area (Å²) >= 11 is 0. The Morgan fingerprint density at radius 3 is 3.06 bits per heavy atom. The third-order valence-corrected chi connectivity index (χ3v) is 1.88. The third kappa shape index (κ3) is 2.35. The van der Waals surface area contributed by atoms with Crippen molar-refractivity contribution >= 4 is 11.9 Å². The Labute approximate surface area is 91.0 Å². The number of nitrogens with zero attached hydrogens (tertiary/aromatic N) is 2. The average Bonchev–Trinajstić information content (AvgIpc) is 2.79. The van der Waals surface area contributed by atoms with E-state index in [0.29, 0.717) is 6.54 Å². The van der Waals surface area contributed by atoms with Crippen LogP contribution in [0.3, 0.4) is 0 Å². The Bertz CT molecular complexity index is 482.